The highest BCUT2D eigenvalue weighted by molar-refractivity contribution is 6.39. The van der Waals surface area contributed by atoms with E-state index in [1.807, 2.05) is 0 Å². The molecule has 0 bridgehead atoms. The molecule has 1 unspecified atom stereocenters. The lowest BCUT2D eigenvalue weighted by molar-refractivity contribution is -0.136. The highest BCUT2D eigenvalue weighted by Crippen LogP contribution is 2.41. The Morgan fingerprint density at radius 1 is 1.00 bits per heavy atom. The predicted molar refractivity (Wildman–Crippen MR) is 191 cm³/mol. The number of β-amino-alcohol motifs (C(OH)–C–C–N with tert-alkyl or cyclic N) is 1. The third kappa shape index (κ3) is 7.54. The number of aromatic nitrogens is 5. The van der Waals surface area contributed by atoms with Gasteiger partial charge in [-0.15, -0.1) is 0 Å². The van der Waals surface area contributed by atoms with Gasteiger partial charge in [0.25, 0.3) is 12.3 Å². The lowest BCUT2D eigenvalue weighted by Crippen LogP contribution is -2.31. The second-order valence-corrected chi connectivity index (χ2v) is 13.4. The van der Waals surface area contributed by atoms with Gasteiger partial charge in [-0.1, -0.05) is 47.5 Å². The van der Waals surface area contributed by atoms with Crippen molar-refractivity contribution in [2.45, 2.75) is 50.9 Å². The fourth-order valence-corrected chi connectivity index (χ4v) is 7.11. The molecule has 270 valence electrons. The van der Waals surface area contributed by atoms with Crippen molar-refractivity contribution in [3.8, 4) is 11.1 Å². The molecular weight excluding hydrogens is 719 g/mol. The Hall–Kier alpha value is -4.80. The van der Waals surface area contributed by atoms with Gasteiger partial charge in [0.1, 0.15) is 5.52 Å². The summed E-state index contributed by atoms with van der Waals surface area (Å²) in [6.45, 7) is 2.11. The number of likely N-dealkylation sites (tertiary alicyclic amines) is 1. The Bertz CT molecular complexity index is 2170. The molecule has 1 amide bonds. The van der Waals surface area contributed by atoms with E-state index in [4.69, 9.17) is 28.3 Å². The quantitative estimate of drug-likeness (QED) is 0.104. The van der Waals surface area contributed by atoms with Crippen LogP contribution in [0.3, 0.4) is 0 Å². The number of aryl methyl sites for hydroxylation is 1. The summed E-state index contributed by atoms with van der Waals surface area (Å²) in [6.07, 6.45) is 0.455. The number of hydrogen-bond donors (Lipinski definition) is 5. The van der Waals surface area contributed by atoms with Gasteiger partial charge in [0.2, 0.25) is 0 Å². The first-order valence-electron chi connectivity index (χ1n) is 16.6. The van der Waals surface area contributed by atoms with Crippen molar-refractivity contribution >= 4 is 63.3 Å². The van der Waals surface area contributed by atoms with Crippen LogP contribution in [0, 0.1) is 0 Å². The molecule has 5 N–H and O–H groups in total. The normalized spacial score (nSPS) is 17.4. The van der Waals surface area contributed by atoms with Crippen molar-refractivity contribution in [3.05, 3.63) is 87.5 Å². The van der Waals surface area contributed by atoms with Gasteiger partial charge >= 0.3 is 5.97 Å². The molecule has 7 rings (SSSR count). The van der Waals surface area contributed by atoms with Gasteiger partial charge in [-0.3, -0.25) is 29.5 Å². The lowest BCUT2D eigenvalue weighted by atomic mass is 10.0. The summed E-state index contributed by atoms with van der Waals surface area (Å²) >= 11 is 13.8. The summed E-state index contributed by atoms with van der Waals surface area (Å²) in [7, 11) is 0. The summed E-state index contributed by atoms with van der Waals surface area (Å²) in [4.78, 5) is 39.1. The number of halogens is 4. The van der Waals surface area contributed by atoms with Crippen LogP contribution >= 0.6 is 23.2 Å². The zero-order chi connectivity index (χ0) is 36.5. The molecule has 5 aromatic rings. The number of benzene rings is 2. The number of aliphatic hydroxyl groups is 1. The van der Waals surface area contributed by atoms with Gasteiger partial charge in [-0.05, 0) is 49.1 Å². The van der Waals surface area contributed by atoms with Crippen molar-refractivity contribution in [2.75, 3.05) is 30.3 Å². The van der Waals surface area contributed by atoms with Gasteiger partial charge in [0, 0.05) is 49.5 Å². The Morgan fingerprint density at radius 3 is 2.46 bits per heavy atom. The minimum atomic E-state index is -2.94. The van der Waals surface area contributed by atoms with Crippen molar-refractivity contribution in [3.63, 3.8) is 0 Å². The monoisotopic (exact) mass is 751 g/mol. The maximum atomic E-state index is 14.0. The Labute approximate surface area is 306 Å². The largest absolute Gasteiger partial charge is 0.480 e. The third-order valence-corrected chi connectivity index (χ3v) is 9.83. The lowest BCUT2D eigenvalue weighted by Gasteiger charge is -2.23. The average Bonchev–Trinajstić information content (AvgIpc) is 3.75. The molecule has 1 saturated heterocycles. The number of pyridine rings is 1. The number of carboxylic acid groups (broad SMARTS) is 1. The number of carbonyl (C=O) groups is 2. The third-order valence-electron chi connectivity index (χ3n) is 9.01. The standard InChI is InChI=1S/C35H33Cl2F2N9O4/c36-29-20(21-5-2-7-24(30(21)37)44-35(52)26-13-27-22(40-15-28(50)51)8-3-10-48(27)46-26)4-1-6-23(29)42-33-31-25(43-34(45-33)32(38)39)12-18(14-41-31)16-47-11-9-19(49)17-47/h1-2,4-7,12-14,19,22,32,40,49H,3,8-11,15-17H2,(H,44,52)(H,50,51)(H,42,43,45)/t19-,22?/m1/s1. The van der Waals surface area contributed by atoms with Crippen LogP contribution in [0.25, 0.3) is 22.2 Å². The van der Waals surface area contributed by atoms with Crippen LogP contribution in [0.4, 0.5) is 26.0 Å². The molecule has 2 atom stereocenters. The summed E-state index contributed by atoms with van der Waals surface area (Å²) in [5.41, 5.74) is 3.77. The molecule has 52 heavy (non-hydrogen) atoms. The smallest absolute Gasteiger partial charge is 0.317 e. The molecule has 17 heteroatoms. The summed E-state index contributed by atoms with van der Waals surface area (Å²) < 4.78 is 29.6. The van der Waals surface area contributed by atoms with E-state index in [1.165, 1.54) is 0 Å². The number of aliphatic hydroxyl groups excluding tert-OH is 1. The molecule has 2 aromatic carbocycles. The van der Waals surface area contributed by atoms with E-state index < -0.39 is 30.2 Å². The van der Waals surface area contributed by atoms with E-state index in [1.54, 1.807) is 59.4 Å². The number of amides is 1. The van der Waals surface area contributed by atoms with Crippen LogP contribution in [0.15, 0.2) is 54.7 Å². The second-order valence-electron chi connectivity index (χ2n) is 12.7. The Balaban J connectivity index is 1.14. The SMILES string of the molecule is O=C(O)CNC1CCCn2nc(C(=O)Nc3cccc(-c4cccc(Nc5nc(C(F)F)nc6cc(CN7CC[C@@H](O)C7)cnc56)c4Cl)c3Cl)cc21. The first-order chi connectivity index (χ1) is 25.0. The van der Waals surface area contributed by atoms with E-state index in [9.17, 15) is 23.5 Å². The minimum absolute atomic E-state index is 0.0396. The van der Waals surface area contributed by atoms with E-state index in [0.717, 1.165) is 17.7 Å². The van der Waals surface area contributed by atoms with E-state index in [-0.39, 0.29) is 45.2 Å². The number of rotatable bonds is 11. The highest BCUT2D eigenvalue weighted by atomic mass is 35.5. The zero-order valence-corrected chi connectivity index (χ0v) is 29.0. The van der Waals surface area contributed by atoms with Crippen LogP contribution in [0.2, 0.25) is 10.0 Å². The topological polar surface area (TPSA) is 170 Å². The number of aliphatic carboxylic acids is 1. The molecule has 0 aliphatic carbocycles. The van der Waals surface area contributed by atoms with Crippen LogP contribution in [0.1, 0.15) is 59.3 Å². The van der Waals surface area contributed by atoms with Crippen molar-refractivity contribution < 1.29 is 28.6 Å². The summed E-state index contributed by atoms with van der Waals surface area (Å²) in [6, 6.07) is 13.3. The summed E-state index contributed by atoms with van der Waals surface area (Å²) in [5, 5.41) is 32.7. The average molecular weight is 753 g/mol. The number of carboxylic acids is 1. The van der Waals surface area contributed by atoms with Crippen LogP contribution in [-0.2, 0) is 17.9 Å². The first-order valence-corrected chi connectivity index (χ1v) is 17.3. The fourth-order valence-electron chi connectivity index (χ4n) is 6.56. The van der Waals surface area contributed by atoms with E-state index in [2.05, 4.69) is 40.9 Å². The van der Waals surface area contributed by atoms with Crippen molar-refractivity contribution in [1.82, 2.24) is 34.9 Å². The van der Waals surface area contributed by atoms with Crippen LogP contribution < -0.4 is 16.0 Å². The molecule has 3 aromatic heterocycles. The van der Waals surface area contributed by atoms with Gasteiger partial charge in [-0.2, -0.15) is 5.10 Å². The molecule has 0 radical (unpaired) electrons. The molecule has 1 fully saturated rings. The molecule has 5 heterocycles. The van der Waals surface area contributed by atoms with Crippen molar-refractivity contribution in [1.29, 1.82) is 0 Å². The van der Waals surface area contributed by atoms with E-state index in [0.29, 0.717) is 61.5 Å². The minimum Gasteiger partial charge on any atom is -0.480 e. The second kappa shape index (κ2) is 15.0. The molecule has 2 aliphatic heterocycles. The van der Waals surface area contributed by atoms with Gasteiger partial charge in [0.15, 0.2) is 17.3 Å². The van der Waals surface area contributed by atoms with Gasteiger partial charge < -0.3 is 20.8 Å². The maximum Gasteiger partial charge on any atom is 0.317 e. The maximum absolute atomic E-state index is 14.0. The number of nitrogens with zero attached hydrogens (tertiary/aromatic N) is 6. The van der Waals surface area contributed by atoms with E-state index >= 15 is 0 Å². The fraction of sp³-hybridized carbons (Fsp3) is 0.314. The summed E-state index contributed by atoms with van der Waals surface area (Å²) in [5.74, 6) is -2.11. The zero-order valence-electron chi connectivity index (χ0n) is 27.5. The number of carbonyl (C=O) groups excluding carboxylic acids is 1. The highest BCUT2D eigenvalue weighted by Gasteiger charge is 2.26. The molecule has 0 spiro atoms. The number of fused-ring (bicyclic) bond motifs is 2. The molecule has 13 nitrogen and oxygen atoms in total. The predicted octanol–water partition coefficient (Wildman–Crippen LogP) is 6.20. The Morgan fingerprint density at radius 2 is 1.75 bits per heavy atom. The van der Waals surface area contributed by atoms with Gasteiger partial charge in [0.05, 0.1) is 45.3 Å². The van der Waals surface area contributed by atoms with Gasteiger partial charge in [-0.25, -0.2) is 18.7 Å². The van der Waals surface area contributed by atoms with Crippen molar-refractivity contribution in [2.24, 2.45) is 0 Å². The number of nitrogens with one attached hydrogen (secondary N) is 3. The molecule has 2 aliphatic rings. The number of anilines is 3. The molecular formula is C35H33Cl2F2N9O4. The number of alkyl halides is 2. The Kier molecular flexibility index (Phi) is 10.3. The van der Waals surface area contributed by atoms with Crippen LogP contribution in [0.5, 0.6) is 0 Å². The first kappa shape index (κ1) is 35.6. The number of hydrogen-bond acceptors (Lipinski definition) is 10. The van der Waals surface area contributed by atoms with Crippen LogP contribution in [-0.4, -0.2) is 77.5 Å². The molecule has 0 saturated carbocycles.